The van der Waals surface area contributed by atoms with Gasteiger partial charge in [-0.1, -0.05) is 6.07 Å². The molecule has 2 aliphatic carbocycles. The summed E-state index contributed by atoms with van der Waals surface area (Å²) in [6.45, 7) is 3.34. The number of rotatable bonds is 10. The molecule has 1 saturated carbocycles. The van der Waals surface area contributed by atoms with Gasteiger partial charge in [-0.25, -0.2) is 22.2 Å². The van der Waals surface area contributed by atoms with E-state index >= 15 is 4.39 Å². The lowest BCUT2D eigenvalue weighted by Gasteiger charge is -2.16. The molecule has 7 nitrogen and oxygen atoms in total. The monoisotopic (exact) mass is 557 g/mol. The van der Waals surface area contributed by atoms with E-state index in [9.17, 15) is 22.7 Å². The number of aliphatic carboxylic acids is 1. The van der Waals surface area contributed by atoms with Crippen LogP contribution in [0.25, 0.3) is 11.1 Å². The van der Waals surface area contributed by atoms with Gasteiger partial charge in [-0.05, 0) is 73.6 Å². The van der Waals surface area contributed by atoms with Gasteiger partial charge in [0, 0.05) is 35.1 Å². The minimum Gasteiger partial charge on any atom is -0.489 e. The van der Waals surface area contributed by atoms with Crippen LogP contribution in [0.2, 0.25) is 0 Å². The van der Waals surface area contributed by atoms with Gasteiger partial charge in [0.2, 0.25) is 5.88 Å². The molecule has 3 aromatic rings. The predicted molar refractivity (Wildman–Crippen MR) is 141 cm³/mol. The van der Waals surface area contributed by atoms with Crippen LogP contribution >= 0.6 is 0 Å². The summed E-state index contributed by atoms with van der Waals surface area (Å²) in [6.07, 6.45) is 2.15. The van der Waals surface area contributed by atoms with E-state index < -0.39 is 27.4 Å². The number of nitrogens with zero attached hydrogens (tertiary/aromatic N) is 1. The van der Waals surface area contributed by atoms with Gasteiger partial charge in [0.05, 0.1) is 23.8 Å². The summed E-state index contributed by atoms with van der Waals surface area (Å²) in [5.41, 5.74) is 3.70. The number of aromatic nitrogens is 1. The average Bonchev–Trinajstić information content (AvgIpc) is 3.44. The van der Waals surface area contributed by atoms with E-state index in [2.05, 4.69) is 4.98 Å². The highest BCUT2D eigenvalue weighted by Crippen LogP contribution is 2.61. The molecule has 2 aliphatic rings. The summed E-state index contributed by atoms with van der Waals surface area (Å²) in [6, 6.07) is 9.61. The molecule has 10 heteroatoms. The lowest BCUT2D eigenvalue weighted by Crippen LogP contribution is -2.09. The zero-order valence-electron chi connectivity index (χ0n) is 21.8. The number of pyridine rings is 1. The average molecular weight is 558 g/mol. The molecule has 5 rings (SSSR count). The number of fused-ring (bicyclic) bond motifs is 3. The van der Waals surface area contributed by atoms with Crippen molar-refractivity contribution in [1.82, 2.24) is 4.98 Å². The standard InChI is InChI=1S/C29H29F2NO6S/c1-15-11-24(37-9-4-10-39(3,35)36)32-16(2)25(15)20-7-8-23(30)22(28(20)31)14-38-18-5-6-19-17(12-18)13-21-26(19)27(21)29(33)34/h5-8,11-12,21,26-27H,4,9-10,13-14H2,1-3H3,(H,33,34). The molecule has 1 heterocycles. The lowest BCUT2D eigenvalue weighted by atomic mass is 9.97. The molecule has 206 valence electrons. The van der Waals surface area contributed by atoms with Crippen LogP contribution in [0.3, 0.4) is 0 Å². The topological polar surface area (TPSA) is 103 Å². The van der Waals surface area contributed by atoms with Gasteiger partial charge in [-0.3, -0.25) is 4.79 Å². The Kier molecular flexibility index (Phi) is 7.09. The molecule has 0 spiro atoms. The number of benzene rings is 2. The number of sulfone groups is 1. The van der Waals surface area contributed by atoms with Crippen molar-refractivity contribution in [3.63, 3.8) is 0 Å². The Labute approximate surface area is 225 Å². The second-order valence-corrected chi connectivity index (χ2v) is 12.6. The fraction of sp³-hybridized carbons (Fsp3) is 0.379. The van der Waals surface area contributed by atoms with Crippen molar-refractivity contribution < 1.29 is 36.6 Å². The van der Waals surface area contributed by atoms with E-state index in [1.54, 1.807) is 26.0 Å². The van der Waals surface area contributed by atoms with Gasteiger partial charge >= 0.3 is 5.97 Å². The molecule has 3 atom stereocenters. The summed E-state index contributed by atoms with van der Waals surface area (Å²) in [4.78, 5) is 15.7. The maximum atomic E-state index is 15.6. The highest BCUT2D eigenvalue weighted by molar-refractivity contribution is 7.90. The summed E-state index contributed by atoms with van der Waals surface area (Å²) in [5.74, 6) is -1.62. The maximum Gasteiger partial charge on any atom is 0.307 e. The molecule has 0 aliphatic heterocycles. The molecule has 2 aromatic carbocycles. The Balaban J connectivity index is 1.31. The second kappa shape index (κ2) is 10.2. The lowest BCUT2D eigenvalue weighted by molar-refractivity contribution is -0.139. The van der Waals surface area contributed by atoms with E-state index in [0.717, 1.165) is 17.4 Å². The van der Waals surface area contributed by atoms with E-state index in [-0.39, 0.29) is 47.8 Å². The second-order valence-electron chi connectivity index (χ2n) is 10.4. The Morgan fingerprint density at radius 2 is 1.90 bits per heavy atom. The highest BCUT2D eigenvalue weighted by atomic mass is 32.2. The molecule has 0 saturated heterocycles. The molecular formula is C29H29F2NO6S. The first-order valence-corrected chi connectivity index (χ1v) is 14.7. The Bertz CT molecular complexity index is 1550. The van der Waals surface area contributed by atoms with E-state index in [0.29, 0.717) is 41.3 Å². The van der Waals surface area contributed by atoms with Crippen molar-refractivity contribution >= 4 is 15.8 Å². The third-order valence-corrected chi connectivity index (χ3v) is 8.54. The summed E-state index contributed by atoms with van der Waals surface area (Å²) in [7, 11) is -3.08. The third-order valence-electron chi connectivity index (χ3n) is 7.50. The number of halogens is 2. The van der Waals surface area contributed by atoms with Crippen LogP contribution in [0, 0.1) is 37.3 Å². The SMILES string of the molecule is Cc1cc(OCCCS(C)(=O)=O)nc(C)c1-c1ccc(F)c(COc2ccc3c(c2)CC2C(C(=O)O)C32)c1F. The van der Waals surface area contributed by atoms with Crippen LogP contribution < -0.4 is 9.47 Å². The maximum absolute atomic E-state index is 15.6. The first-order chi connectivity index (χ1) is 18.4. The molecule has 1 N–H and O–H groups in total. The van der Waals surface area contributed by atoms with Crippen molar-refractivity contribution in [2.45, 2.75) is 39.2 Å². The quantitative estimate of drug-likeness (QED) is 0.350. The van der Waals surface area contributed by atoms with Crippen LogP contribution in [-0.4, -0.2) is 43.1 Å². The van der Waals surface area contributed by atoms with Crippen LogP contribution in [0.5, 0.6) is 11.6 Å². The fourth-order valence-electron chi connectivity index (χ4n) is 5.67. The van der Waals surface area contributed by atoms with Crippen molar-refractivity contribution in [2.75, 3.05) is 18.6 Å². The summed E-state index contributed by atoms with van der Waals surface area (Å²) >= 11 is 0. The van der Waals surface area contributed by atoms with Crippen LogP contribution in [0.4, 0.5) is 8.78 Å². The van der Waals surface area contributed by atoms with Crippen LogP contribution in [-0.2, 0) is 27.7 Å². The number of aryl methyl sites for hydroxylation is 2. The minimum atomic E-state index is -3.08. The van der Waals surface area contributed by atoms with Gasteiger partial charge < -0.3 is 14.6 Å². The fourth-order valence-corrected chi connectivity index (χ4v) is 6.31. The molecule has 0 bridgehead atoms. The van der Waals surface area contributed by atoms with Crippen molar-refractivity contribution in [2.24, 2.45) is 11.8 Å². The van der Waals surface area contributed by atoms with Crippen molar-refractivity contribution in [3.8, 4) is 22.8 Å². The Hall–Kier alpha value is -3.53. The number of carbonyl (C=O) groups is 1. The number of carboxylic acid groups (broad SMARTS) is 1. The first-order valence-electron chi connectivity index (χ1n) is 12.7. The third kappa shape index (κ3) is 5.48. The van der Waals surface area contributed by atoms with Crippen molar-refractivity contribution in [1.29, 1.82) is 0 Å². The number of ether oxygens (including phenoxy) is 2. The van der Waals surface area contributed by atoms with Crippen LogP contribution in [0.1, 0.15) is 40.3 Å². The predicted octanol–water partition coefficient (Wildman–Crippen LogP) is 5.01. The van der Waals surface area contributed by atoms with E-state index in [1.165, 1.54) is 12.1 Å². The number of hydrogen-bond donors (Lipinski definition) is 1. The largest absolute Gasteiger partial charge is 0.489 e. The molecule has 39 heavy (non-hydrogen) atoms. The molecule has 0 amide bonds. The Morgan fingerprint density at radius 3 is 2.59 bits per heavy atom. The zero-order chi connectivity index (χ0) is 28.1. The van der Waals surface area contributed by atoms with Gasteiger partial charge in [0.25, 0.3) is 0 Å². The van der Waals surface area contributed by atoms with Gasteiger partial charge in [0.1, 0.15) is 33.8 Å². The van der Waals surface area contributed by atoms with Gasteiger partial charge in [-0.2, -0.15) is 0 Å². The molecule has 1 aromatic heterocycles. The smallest absolute Gasteiger partial charge is 0.307 e. The number of carboxylic acids is 1. The van der Waals surface area contributed by atoms with E-state index in [4.69, 9.17) is 9.47 Å². The molecule has 3 unspecified atom stereocenters. The van der Waals surface area contributed by atoms with Crippen LogP contribution in [0.15, 0.2) is 36.4 Å². The Morgan fingerprint density at radius 1 is 1.13 bits per heavy atom. The minimum absolute atomic E-state index is 0.00632. The molecular weight excluding hydrogens is 528 g/mol. The first kappa shape index (κ1) is 27.1. The molecule has 0 radical (unpaired) electrons. The van der Waals surface area contributed by atoms with E-state index in [1.807, 2.05) is 12.1 Å². The summed E-state index contributed by atoms with van der Waals surface area (Å²) < 4.78 is 64.3. The zero-order valence-corrected chi connectivity index (χ0v) is 22.6. The highest BCUT2D eigenvalue weighted by Gasteiger charge is 2.59. The van der Waals surface area contributed by atoms with Crippen molar-refractivity contribution in [3.05, 3.63) is 76.0 Å². The number of hydrogen-bond acceptors (Lipinski definition) is 6. The van der Waals surface area contributed by atoms with Gasteiger partial charge in [-0.15, -0.1) is 0 Å². The summed E-state index contributed by atoms with van der Waals surface area (Å²) in [5, 5.41) is 9.30. The van der Waals surface area contributed by atoms with Gasteiger partial charge in [0.15, 0.2) is 0 Å². The normalized spacial score (nSPS) is 19.4. The molecule has 1 fully saturated rings.